The van der Waals surface area contributed by atoms with Gasteiger partial charge in [-0.05, 0) is 25.5 Å². The van der Waals surface area contributed by atoms with Crippen molar-refractivity contribution in [3.8, 4) is 5.75 Å². The van der Waals surface area contributed by atoms with Crippen LogP contribution in [-0.2, 0) is 20.4 Å². The zero-order valence-corrected chi connectivity index (χ0v) is 12.5. The average molecular weight is 317 g/mol. The molecular weight excluding hydrogens is 302 g/mol. The molecule has 0 fully saturated rings. The van der Waals surface area contributed by atoms with Gasteiger partial charge in [0.2, 0.25) is 0 Å². The molecule has 0 saturated heterocycles. The van der Waals surface area contributed by atoms with Gasteiger partial charge in [-0.15, -0.1) is 0 Å². The van der Waals surface area contributed by atoms with E-state index in [1.165, 1.54) is 13.2 Å². The van der Waals surface area contributed by atoms with Gasteiger partial charge in [0.15, 0.2) is 14.6 Å². The van der Waals surface area contributed by atoms with Crippen LogP contribution in [0.3, 0.4) is 0 Å². The molecule has 0 aliphatic rings. The maximum absolute atomic E-state index is 12.2. The van der Waals surface area contributed by atoms with E-state index >= 15 is 0 Å². The lowest BCUT2D eigenvalue weighted by Gasteiger charge is -2.19. The van der Waals surface area contributed by atoms with Crippen molar-refractivity contribution in [1.29, 1.82) is 0 Å². The third-order valence-electron chi connectivity index (χ3n) is 3.05. The fourth-order valence-corrected chi connectivity index (χ4v) is 2.72. The predicted octanol–water partition coefficient (Wildman–Crippen LogP) is 1.38. The van der Waals surface area contributed by atoms with Crippen LogP contribution < -0.4 is 4.74 Å². The van der Waals surface area contributed by atoms with Crippen molar-refractivity contribution in [3.63, 3.8) is 0 Å². The number of nitro groups is 1. The molecule has 0 radical (unpaired) electrons. The van der Waals surface area contributed by atoms with E-state index < -0.39 is 31.2 Å². The molecule has 1 rings (SSSR count). The summed E-state index contributed by atoms with van der Waals surface area (Å²) in [5.41, 5.74) is -0.233. The Balaban J connectivity index is 3.28. The Bertz CT molecular complexity index is 679. The van der Waals surface area contributed by atoms with E-state index in [9.17, 15) is 23.3 Å². The Morgan fingerprint density at radius 2 is 1.95 bits per heavy atom. The molecule has 0 unspecified atom stereocenters. The van der Waals surface area contributed by atoms with Gasteiger partial charge in [-0.3, -0.25) is 14.9 Å². The summed E-state index contributed by atoms with van der Waals surface area (Å²) < 4.78 is 27.2. The Hall–Kier alpha value is -2.16. The Morgan fingerprint density at radius 3 is 2.38 bits per heavy atom. The fraction of sp³-hybridized carbons (Fsp3) is 0.417. The first-order valence-corrected chi connectivity index (χ1v) is 7.44. The van der Waals surface area contributed by atoms with Gasteiger partial charge in [0, 0.05) is 6.07 Å². The maximum atomic E-state index is 12.2. The van der Waals surface area contributed by atoms with Crippen molar-refractivity contribution >= 4 is 21.5 Å². The number of carboxylic acids is 1. The molecule has 1 aromatic rings. The van der Waals surface area contributed by atoms with Crippen LogP contribution in [0.4, 0.5) is 5.69 Å². The summed E-state index contributed by atoms with van der Waals surface area (Å²) in [6.07, 6.45) is 0. The zero-order valence-electron chi connectivity index (χ0n) is 11.7. The van der Waals surface area contributed by atoms with Crippen LogP contribution in [0, 0.1) is 10.1 Å². The number of carbonyl (C=O) groups is 1. The second-order valence-electron chi connectivity index (χ2n) is 4.87. The van der Waals surface area contributed by atoms with Crippen LogP contribution in [0.5, 0.6) is 5.75 Å². The third kappa shape index (κ3) is 3.48. The van der Waals surface area contributed by atoms with Crippen molar-refractivity contribution < 1.29 is 28.0 Å². The number of nitro benzene ring substituents is 1. The molecule has 0 bridgehead atoms. The number of methoxy groups -OCH3 is 1. The Labute approximate surface area is 121 Å². The Morgan fingerprint density at radius 1 is 1.38 bits per heavy atom. The number of nitrogens with zero attached hydrogens (tertiary/aromatic N) is 1. The number of hydrogen-bond donors (Lipinski definition) is 1. The molecular formula is C12H15NO7S. The first-order valence-electron chi connectivity index (χ1n) is 5.79. The minimum Gasteiger partial charge on any atom is -0.496 e. The van der Waals surface area contributed by atoms with Gasteiger partial charge in [0.05, 0.1) is 23.9 Å². The van der Waals surface area contributed by atoms with Gasteiger partial charge >= 0.3 is 5.97 Å². The van der Waals surface area contributed by atoms with Gasteiger partial charge in [-0.1, -0.05) is 0 Å². The molecule has 0 heterocycles. The normalized spacial score (nSPS) is 12.0. The van der Waals surface area contributed by atoms with Crippen LogP contribution in [-0.4, -0.2) is 36.3 Å². The molecule has 21 heavy (non-hydrogen) atoms. The van der Waals surface area contributed by atoms with Gasteiger partial charge in [0.1, 0.15) is 5.75 Å². The van der Waals surface area contributed by atoms with Crippen molar-refractivity contribution in [3.05, 3.63) is 33.9 Å². The molecule has 0 amide bonds. The first kappa shape index (κ1) is 16.9. The molecule has 0 aromatic heterocycles. The van der Waals surface area contributed by atoms with E-state index in [0.29, 0.717) is 0 Å². The summed E-state index contributed by atoms with van der Waals surface area (Å²) in [4.78, 5) is 21.2. The average Bonchev–Trinajstić information content (AvgIpc) is 2.37. The second kappa shape index (κ2) is 5.68. The lowest BCUT2D eigenvalue weighted by Crippen LogP contribution is -2.41. The summed E-state index contributed by atoms with van der Waals surface area (Å²) in [5, 5.41) is 19.8. The summed E-state index contributed by atoms with van der Waals surface area (Å²) >= 11 is 0. The maximum Gasteiger partial charge on any atom is 0.324 e. The van der Waals surface area contributed by atoms with E-state index in [-0.39, 0.29) is 17.0 Å². The van der Waals surface area contributed by atoms with E-state index in [2.05, 4.69) is 0 Å². The molecule has 0 saturated carbocycles. The number of hydrogen-bond acceptors (Lipinski definition) is 6. The number of aliphatic carboxylic acids is 1. The standard InChI is InChI=1S/C12H15NO7S/c1-12(2,11(14)15)21(18,19)7-8-4-9(13(16)17)6-10(5-8)20-3/h4-6H,7H2,1-3H3,(H,14,15). The first-order chi connectivity index (χ1) is 9.51. The number of rotatable bonds is 6. The van der Waals surface area contributed by atoms with Crippen LogP contribution in [0.25, 0.3) is 0 Å². The smallest absolute Gasteiger partial charge is 0.324 e. The van der Waals surface area contributed by atoms with E-state index in [4.69, 9.17) is 9.84 Å². The van der Waals surface area contributed by atoms with E-state index in [1.807, 2.05) is 0 Å². The highest BCUT2D eigenvalue weighted by Gasteiger charge is 2.41. The van der Waals surface area contributed by atoms with Crippen molar-refractivity contribution in [1.82, 2.24) is 0 Å². The fourth-order valence-electron chi connectivity index (χ4n) is 1.48. The quantitative estimate of drug-likeness (QED) is 0.620. The highest BCUT2D eigenvalue weighted by Crippen LogP contribution is 2.27. The molecule has 8 nitrogen and oxygen atoms in total. The highest BCUT2D eigenvalue weighted by atomic mass is 32.2. The zero-order chi connectivity index (χ0) is 16.4. The summed E-state index contributed by atoms with van der Waals surface area (Å²) in [6, 6.07) is 3.55. The monoisotopic (exact) mass is 317 g/mol. The second-order valence-corrected chi connectivity index (χ2v) is 7.41. The van der Waals surface area contributed by atoms with Crippen LogP contribution in [0.1, 0.15) is 19.4 Å². The molecule has 1 N–H and O–H groups in total. The van der Waals surface area contributed by atoms with Crippen molar-refractivity contribution in [2.75, 3.05) is 7.11 Å². The van der Waals surface area contributed by atoms with Crippen molar-refractivity contribution in [2.45, 2.75) is 24.3 Å². The number of sulfone groups is 1. The molecule has 116 valence electrons. The molecule has 0 aliphatic carbocycles. The molecule has 0 spiro atoms. The summed E-state index contributed by atoms with van der Waals surface area (Å²) in [6.45, 7) is 2.14. The largest absolute Gasteiger partial charge is 0.496 e. The highest BCUT2D eigenvalue weighted by molar-refractivity contribution is 7.92. The molecule has 0 atom stereocenters. The number of benzene rings is 1. The van der Waals surface area contributed by atoms with E-state index in [0.717, 1.165) is 26.0 Å². The predicted molar refractivity (Wildman–Crippen MR) is 74.0 cm³/mol. The summed E-state index contributed by atoms with van der Waals surface area (Å²) in [5.74, 6) is -1.99. The molecule has 1 aromatic carbocycles. The van der Waals surface area contributed by atoms with E-state index in [1.54, 1.807) is 0 Å². The van der Waals surface area contributed by atoms with Crippen LogP contribution >= 0.6 is 0 Å². The minimum absolute atomic E-state index is 0.0929. The number of carboxylic acid groups (broad SMARTS) is 1. The number of ether oxygens (including phenoxy) is 1. The van der Waals surface area contributed by atoms with Crippen LogP contribution in [0.2, 0.25) is 0 Å². The van der Waals surface area contributed by atoms with Gasteiger partial charge in [-0.25, -0.2) is 8.42 Å². The van der Waals surface area contributed by atoms with Gasteiger partial charge < -0.3 is 9.84 Å². The lowest BCUT2D eigenvalue weighted by molar-refractivity contribution is -0.385. The van der Waals surface area contributed by atoms with Gasteiger partial charge in [-0.2, -0.15) is 0 Å². The lowest BCUT2D eigenvalue weighted by atomic mass is 10.2. The molecule has 0 aliphatic heterocycles. The third-order valence-corrected chi connectivity index (χ3v) is 5.49. The minimum atomic E-state index is -4.06. The SMILES string of the molecule is COc1cc(CS(=O)(=O)C(C)(C)C(=O)O)cc([N+](=O)[O-])c1. The molecule has 9 heteroatoms. The van der Waals surface area contributed by atoms with Crippen LogP contribution in [0.15, 0.2) is 18.2 Å². The number of non-ortho nitro benzene ring substituents is 1. The van der Waals surface area contributed by atoms with Crippen molar-refractivity contribution in [2.24, 2.45) is 0 Å². The summed E-state index contributed by atoms with van der Waals surface area (Å²) in [7, 11) is -2.77. The van der Waals surface area contributed by atoms with Gasteiger partial charge in [0.25, 0.3) is 5.69 Å². The topological polar surface area (TPSA) is 124 Å². The Kier molecular flexibility index (Phi) is 4.57.